The zero-order chi connectivity index (χ0) is 14.0. The van der Waals surface area contributed by atoms with Gasteiger partial charge in [0.1, 0.15) is 0 Å². The molecule has 0 saturated heterocycles. The van der Waals surface area contributed by atoms with E-state index in [1.807, 2.05) is 0 Å². The van der Waals surface area contributed by atoms with E-state index < -0.39 is 0 Å². The highest BCUT2D eigenvalue weighted by molar-refractivity contribution is 6.35. The zero-order valence-electron chi connectivity index (χ0n) is 10.1. The molecular weight excluding hydrogens is 285 g/mol. The number of carbonyl (C=O) groups excluding carboxylic acids is 1. The van der Waals surface area contributed by atoms with E-state index in [4.69, 9.17) is 29.0 Å². The number of nitrogens with one attached hydrogen (secondary N) is 1. The molecule has 0 saturated carbocycles. The van der Waals surface area contributed by atoms with Crippen LogP contribution in [0.25, 0.3) is 11.3 Å². The van der Waals surface area contributed by atoms with Crippen LogP contribution in [-0.4, -0.2) is 10.9 Å². The van der Waals surface area contributed by atoms with E-state index in [9.17, 15) is 4.79 Å². The summed E-state index contributed by atoms with van der Waals surface area (Å²) in [5, 5.41) is 1.12. The Morgan fingerprint density at radius 1 is 1.26 bits per heavy atom. The molecule has 4 nitrogen and oxygen atoms in total. The molecule has 0 aliphatic carbocycles. The molecule has 0 unspecified atom stereocenters. The first kappa shape index (κ1) is 13.8. The Hall–Kier alpha value is -1.62. The highest BCUT2D eigenvalue weighted by Gasteiger charge is 2.12. The van der Waals surface area contributed by atoms with E-state index >= 15 is 0 Å². The fourth-order valence-electron chi connectivity index (χ4n) is 1.72. The number of hydrogen-bond acceptors (Lipinski definition) is 3. The molecule has 1 amide bonds. The van der Waals surface area contributed by atoms with E-state index in [0.717, 1.165) is 5.56 Å². The zero-order valence-corrected chi connectivity index (χ0v) is 11.6. The number of nitrogens with two attached hydrogens (primary N) is 1. The number of amides is 1. The van der Waals surface area contributed by atoms with Crippen LogP contribution in [0.4, 0.5) is 0 Å². The summed E-state index contributed by atoms with van der Waals surface area (Å²) in [6.45, 7) is 1.73. The number of hydrazine groups is 1. The SMILES string of the molecule is Cc1nc(-c2cc(Cl)ccc2Cl)ccc1C(=O)NN. The van der Waals surface area contributed by atoms with Gasteiger partial charge in [-0.1, -0.05) is 23.2 Å². The molecule has 98 valence electrons. The largest absolute Gasteiger partial charge is 0.290 e. The van der Waals surface area contributed by atoms with Crippen LogP contribution in [0.2, 0.25) is 10.0 Å². The molecule has 0 spiro atoms. The number of carbonyl (C=O) groups is 1. The number of nitrogens with zero attached hydrogens (tertiary/aromatic N) is 1. The van der Waals surface area contributed by atoms with Crippen molar-refractivity contribution in [2.75, 3.05) is 0 Å². The first-order valence-corrected chi connectivity index (χ1v) is 6.22. The lowest BCUT2D eigenvalue weighted by molar-refractivity contribution is 0.0952. The standard InChI is InChI=1S/C13H11Cl2N3O/c1-7-9(13(19)18-16)3-5-12(17-7)10-6-8(14)2-4-11(10)15/h2-6H,16H2,1H3,(H,18,19). The number of rotatable bonds is 2. The van der Waals surface area contributed by atoms with Gasteiger partial charge in [-0.2, -0.15) is 0 Å². The predicted molar refractivity (Wildman–Crippen MR) is 76.1 cm³/mol. The Morgan fingerprint density at radius 3 is 2.63 bits per heavy atom. The van der Waals surface area contributed by atoms with Crippen molar-refractivity contribution in [3.8, 4) is 11.3 Å². The number of aryl methyl sites for hydroxylation is 1. The van der Waals surface area contributed by atoms with Crippen molar-refractivity contribution in [1.82, 2.24) is 10.4 Å². The summed E-state index contributed by atoms with van der Waals surface area (Å²) in [6, 6.07) is 8.49. The van der Waals surface area contributed by atoms with Crippen molar-refractivity contribution < 1.29 is 4.79 Å². The summed E-state index contributed by atoms with van der Waals surface area (Å²) in [7, 11) is 0. The number of pyridine rings is 1. The summed E-state index contributed by atoms with van der Waals surface area (Å²) < 4.78 is 0. The molecule has 2 rings (SSSR count). The van der Waals surface area contributed by atoms with E-state index in [2.05, 4.69) is 10.4 Å². The van der Waals surface area contributed by atoms with Crippen molar-refractivity contribution in [1.29, 1.82) is 0 Å². The third-order valence-corrected chi connectivity index (χ3v) is 3.23. The quantitative estimate of drug-likeness (QED) is 0.508. The minimum absolute atomic E-state index is 0.381. The second kappa shape index (κ2) is 5.57. The van der Waals surface area contributed by atoms with Gasteiger partial charge >= 0.3 is 0 Å². The number of halogens is 2. The predicted octanol–water partition coefficient (Wildman–Crippen LogP) is 2.97. The van der Waals surface area contributed by atoms with Gasteiger partial charge in [-0.05, 0) is 37.3 Å². The summed E-state index contributed by atoms with van der Waals surface area (Å²) in [6.07, 6.45) is 0. The molecule has 19 heavy (non-hydrogen) atoms. The van der Waals surface area contributed by atoms with Crippen LogP contribution in [0.5, 0.6) is 0 Å². The van der Waals surface area contributed by atoms with Crippen molar-refractivity contribution in [2.24, 2.45) is 5.84 Å². The van der Waals surface area contributed by atoms with E-state index in [1.54, 1.807) is 37.3 Å². The first-order chi connectivity index (χ1) is 9.02. The number of aromatic nitrogens is 1. The van der Waals surface area contributed by atoms with Crippen LogP contribution >= 0.6 is 23.2 Å². The molecule has 0 bridgehead atoms. The normalized spacial score (nSPS) is 10.3. The topological polar surface area (TPSA) is 68.0 Å². The second-order valence-electron chi connectivity index (χ2n) is 3.93. The van der Waals surface area contributed by atoms with E-state index in [-0.39, 0.29) is 5.91 Å². The number of benzene rings is 1. The highest BCUT2D eigenvalue weighted by atomic mass is 35.5. The maximum Gasteiger partial charge on any atom is 0.267 e. The molecule has 0 fully saturated rings. The summed E-state index contributed by atoms with van der Waals surface area (Å²) >= 11 is 12.1. The van der Waals surface area contributed by atoms with Crippen molar-refractivity contribution in [3.63, 3.8) is 0 Å². The molecule has 1 aromatic heterocycles. The van der Waals surface area contributed by atoms with Crippen LogP contribution in [0.1, 0.15) is 16.1 Å². The average Bonchev–Trinajstić information content (AvgIpc) is 2.40. The summed E-state index contributed by atoms with van der Waals surface area (Å²) in [4.78, 5) is 15.8. The first-order valence-electron chi connectivity index (χ1n) is 5.47. The van der Waals surface area contributed by atoms with Crippen LogP contribution in [0.15, 0.2) is 30.3 Å². The van der Waals surface area contributed by atoms with E-state index in [0.29, 0.717) is 27.0 Å². The highest BCUT2D eigenvalue weighted by Crippen LogP contribution is 2.29. The van der Waals surface area contributed by atoms with Gasteiger partial charge in [0.2, 0.25) is 0 Å². The van der Waals surface area contributed by atoms with Crippen molar-refractivity contribution in [2.45, 2.75) is 6.92 Å². The minimum atomic E-state index is -0.381. The van der Waals surface area contributed by atoms with Gasteiger partial charge in [-0.15, -0.1) is 0 Å². The molecule has 1 heterocycles. The fourth-order valence-corrected chi connectivity index (χ4v) is 2.11. The van der Waals surface area contributed by atoms with Gasteiger partial charge in [-0.3, -0.25) is 15.2 Å². The van der Waals surface area contributed by atoms with Gasteiger partial charge in [0.15, 0.2) is 0 Å². The minimum Gasteiger partial charge on any atom is -0.290 e. The smallest absolute Gasteiger partial charge is 0.267 e. The monoisotopic (exact) mass is 295 g/mol. The summed E-state index contributed by atoms with van der Waals surface area (Å²) in [5.41, 5.74) is 4.43. The van der Waals surface area contributed by atoms with Crippen LogP contribution in [0.3, 0.4) is 0 Å². The number of hydrogen-bond donors (Lipinski definition) is 2. The average molecular weight is 296 g/mol. The molecule has 6 heteroatoms. The summed E-state index contributed by atoms with van der Waals surface area (Å²) in [5.74, 6) is 4.72. The lowest BCUT2D eigenvalue weighted by Gasteiger charge is -2.08. The molecular formula is C13H11Cl2N3O. The molecule has 3 N–H and O–H groups in total. The van der Waals surface area contributed by atoms with Crippen molar-refractivity contribution in [3.05, 3.63) is 51.6 Å². The lowest BCUT2D eigenvalue weighted by Crippen LogP contribution is -2.30. The Kier molecular flexibility index (Phi) is 4.04. The second-order valence-corrected chi connectivity index (χ2v) is 4.77. The Labute approximate surface area is 120 Å². The Balaban J connectivity index is 2.50. The van der Waals surface area contributed by atoms with Gasteiger partial charge in [0, 0.05) is 10.6 Å². The third-order valence-electron chi connectivity index (χ3n) is 2.67. The van der Waals surface area contributed by atoms with Gasteiger partial charge in [-0.25, -0.2) is 5.84 Å². The maximum atomic E-state index is 11.5. The lowest BCUT2D eigenvalue weighted by atomic mass is 10.1. The van der Waals surface area contributed by atoms with Crippen molar-refractivity contribution >= 4 is 29.1 Å². The molecule has 1 aromatic carbocycles. The molecule has 0 radical (unpaired) electrons. The van der Waals surface area contributed by atoms with Gasteiger partial charge in [0.25, 0.3) is 5.91 Å². The van der Waals surface area contributed by atoms with Gasteiger partial charge < -0.3 is 0 Å². The molecule has 0 aliphatic heterocycles. The van der Waals surface area contributed by atoms with Gasteiger partial charge in [0.05, 0.1) is 22.0 Å². The fraction of sp³-hybridized carbons (Fsp3) is 0.0769. The Morgan fingerprint density at radius 2 is 2.00 bits per heavy atom. The van der Waals surface area contributed by atoms with Crippen LogP contribution in [-0.2, 0) is 0 Å². The van der Waals surface area contributed by atoms with Crippen LogP contribution in [0, 0.1) is 6.92 Å². The Bertz CT molecular complexity index is 644. The third kappa shape index (κ3) is 2.87. The molecule has 0 aliphatic rings. The van der Waals surface area contributed by atoms with Crippen LogP contribution < -0.4 is 11.3 Å². The molecule has 0 atom stereocenters. The maximum absolute atomic E-state index is 11.5. The number of nitrogen functional groups attached to an aromatic ring is 1. The molecule has 2 aromatic rings. The van der Waals surface area contributed by atoms with E-state index in [1.165, 1.54) is 0 Å².